The summed E-state index contributed by atoms with van der Waals surface area (Å²) in [5, 5.41) is 5.08. The molecule has 0 aliphatic carbocycles. The van der Waals surface area contributed by atoms with E-state index >= 15 is 0 Å². The lowest BCUT2D eigenvalue weighted by atomic mass is 10.4. The zero-order chi connectivity index (χ0) is 13.9. The number of hydrogen-bond donors (Lipinski definition) is 2. The van der Waals surface area contributed by atoms with E-state index in [4.69, 9.17) is 4.42 Å². The molecule has 2 heterocycles. The number of halogens is 1. The number of nitrogens with one attached hydrogen (secondary N) is 2. The second kappa shape index (κ2) is 6.04. The average Bonchev–Trinajstić information content (AvgIpc) is 2.95. The fourth-order valence-electron chi connectivity index (χ4n) is 1.36. The zero-order valence-electron chi connectivity index (χ0n) is 10.0. The van der Waals surface area contributed by atoms with Gasteiger partial charge in [-0.25, -0.2) is 13.4 Å². The molecule has 2 rings (SSSR count). The standard InChI is InChI=1S/C10H12BrN3O3S2/c1-2-12-6-7-5-8(9(11)17-7)19(15,16)14-10-13-3-4-18-10/h3-5,12H,2,6H2,1H3,(H,13,14). The van der Waals surface area contributed by atoms with Gasteiger partial charge in [-0.2, -0.15) is 0 Å². The van der Waals surface area contributed by atoms with Gasteiger partial charge in [0.1, 0.15) is 10.7 Å². The van der Waals surface area contributed by atoms with E-state index in [-0.39, 0.29) is 9.56 Å². The van der Waals surface area contributed by atoms with Crippen molar-refractivity contribution in [1.29, 1.82) is 0 Å². The monoisotopic (exact) mass is 365 g/mol. The molecule has 0 aliphatic rings. The number of sulfonamides is 1. The van der Waals surface area contributed by atoms with Crippen LogP contribution in [0.25, 0.3) is 0 Å². The second-order valence-corrected chi connectivity index (χ2v) is 6.84. The van der Waals surface area contributed by atoms with Crippen molar-refractivity contribution in [3.05, 3.63) is 28.1 Å². The van der Waals surface area contributed by atoms with E-state index in [1.807, 2.05) is 6.92 Å². The lowest BCUT2D eigenvalue weighted by Crippen LogP contribution is -2.13. The topological polar surface area (TPSA) is 84.2 Å². The van der Waals surface area contributed by atoms with Gasteiger partial charge in [0, 0.05) is 17.6 Å². The molecule has 6 nitrogen and oxygen atoms in total. The van der Waals surface area contributed by atoms with Crippen LogP contribution in [0.5, 0.6) is 0 Å². The summed E-state index contributed by atoms with van der Waals surface area (Å²) in [4.78, 5) is 3.95. The highest BCUT2D eigenvalue weighted by Crippen LogP contribution is 2.28. The van der Waals surface area contributed by atoms with Crippen molar-refractivity contribution in [2.24, 2.45) is 0 Å². The van der Waals surface area contributed by atoms with E-state index in [1.54, 1.807) is 5.38 Å². The predicted molar refractivity (Wildman–Crippen MR) is 76.7 cm³/mol. The molecule has 0 saturated heterocycles. The summed E-state index contributed by atoms with van der Waals surface area (Å²) < 4.78 is 32.2. The quantitative estimate of drug-likeness (QED) is 0.820. The Morgan fingerprint density at radius 1 is 1.53 bits per heavy atom. The lowest BCUT2D eigenvalue weighted by Gasteiger charge is -2.01. The molecule has 2 aromatic heterocycles. The van der Waals surface area contributed by atoms with E-state index in [2.05, 4.69) is 31.0 Å². The first-order valence-electron chi connectivity index (χ1n) is 5.44. The van der Waals surface area contributed by atoms with Crippen molar-refractivity contribution in [2.75, 3.05) is 11.3 Å². The van der Waals surface area contributed by atoms with Gasteiger partial charge in [-0.05, 0) is 22.5 Å². The molecule has 0 radical (unpaired) electrons. The zero-order valence-corrected chi connectivity index (χ0v) is 13.2. The first-order valence-corrected chi connectivity index (χ1v) is 8.59. The van der Waals surface area contributed by atoms with Crippen LogP contribution in [0.1, 0.15) is 12.7 Å². The minimum Gasteiger partial charge on any atom is -0.451 e. The molecule has 2 aromatic rings. The van der Waals surface area contributed by atoms with Gasteiger partial charge in [0.15, 0.2) is 9.80 Å². The fraction of sp³-hybridized carbons (Fsp3) is 0.300. The molecule has 0 aliphatic heterocycles. The van der Waals surface area contributed by atoms with Crippen LogP contribution in [0.4, 0.5) is 5.13 Å². The maximum Gasteiger partial charge on any atom is 0.268 e. The van der Waals surface area contributed by atoms with Crippen molar-refractivity contribution in [2.45, 2.75) is 18.4 Å². The summed E-state index contributed by atoms with van der Waals surface area (Å²) in [5.74, 6) is 0.549. The van der Waals surface area contributed by atoms with E-state index in [9.17, 15) is 8.42 Å². The van der Waals surface area contributed by atoms with Crippen molar-refractivity contribution >= 4 is 42.4 Å². The SMILES string of the molecule is CCNCc1cc(S(=O)(=O)Nc2nccs2)c(Br)o1. The first kappa shape index (κ1) is 14.5. The van der Waals surface area contributed by atoms with Gasteiger partial charge >= 0.3 is 0 Å². The van der Waals surface area contributed by atoms with Crippen LogP contribution in [0, 0.1) is 0 Å². The second-order valence-electron chi connectivity index (χ2n) is 3.57. The van der Waals surface area contributed by atoms with Gasteiger partial charge in [-0.3, -0.25) is 4.72 Å². The molecule has 0 amide bonds. The van der Waals surface area contributed by atoms with Crippen LogP contribution in [0.3, 0.4) is 0 Å². The summed E-state index contributed by atoms with van der Waals surface area (Å²) in [6.07, 6.45) is 1.53. The number of furan rings is 1. The third kappa shape index (κ3) is 3.56. The van der Waals surface area contributed by atoms with Crippen molar-refractivity contribution in [3.8, 4) is 0 Å². The molecule has 9 heteroatoms. The third-order valence-electron chi connectivity index (χ3n) is 2.20. The molecule has 0 saturated carbocycles. The average molecular weight is 366 g/mol. The molecule has 104 valence electrons. The van der Waals surface area contributed by atoms with Gasteiger partial charge in [-0.15, -0.1) is 11.3 Å². The Morgan fingerprint density at radius 3 is 2.95 bits per heavy atom. The van der Waals surface area contributed by atoms with Crippen LogP contribution in [-0.2, 0) is 16.6 Å². The van der Waals surface area contributed by atoms with E-state index < -0.39 is 10.0 Å². The maximum atomic E-state index is 12.2. The molecule has 2 N–H and O–H groups in total. The molecule has 0 unspecified atom stereocenters. The number of anilines is 1. The van der Waals surface area contributed by atoms with Crippen LogP contribution in [0.15, 0.2) is 31.6 Å². The smallest absolute Gasteiger partial charge is 0.268 e. The molecule has 0 spiro atoms. The third-order valence-corrected chi connectivity index (χ3v) is 5.21. The van der Waals surface area contributed by atoms with Gasteiger partial charge < -0.3 is 9.73 Å². The molecule has 0 aromatic carbocycles. The van der Waals surface area contributed by atoms with E-state index in [1.165, 1.54) is 23.6 Å². The fourth-order valence-corrected chi connectivity index (χ4v) is 4.15. The van der Waals surface area contributed by atoms with Crippen LogP contribution in [0.2, 0.25) is 0 Å². The Hall–Kier alpha value is -0.900. The number of nitrogens with zero attached hydrogens (tertiary/aromatic N) is 1. The van der Waals surface area contributed by atoms with Crippen LogP contribution >= 0.6 is 27.3 Å². The molecular weight excluding hydrogens is 354 g/mol. The Balaban J connectivity index is 2.22. The van der Waals surface area contributed by atoms with Gasteiger partial charge in [0.25, 0.3) is 10.0 Å². The number of hydrogen-bond acceptors (Lipinski definition) is 6. The Morgan fingerprint density at radius 2 is 2.32 bits per heavy atom. The predicted octanol–water partition coefficient (Wildman–Crippen LogP) is 2.41. The first-order chi connectivity index (χ1) is 9.03. The van der Waals surface area contributed by atoms with Crippen LogP contribution < -0.4 is 10.0 Å². The summed E-state index contributed by atoms with van der Waals surface area (Å²) in [5.41, 5.74) is 0. The minimum absolute atomic E-state index is 0.0654. The lowest BCUT2D eigenvalue weighted by molar-refractivity contribution is 0.464. The molecule has 0 bridgehead atoms. The Labute approximate surface area is 123 Å². The number of aromatic nitrogens is 1. The van der Waals surface area contributed by atoms with Crippen molar-refractivity contribution in [3.63, 3.8) is 0 Å². The van der Waals surface area contributed by atoms with Crippen LogP contribution in [-0.4, -0.2) is 19.9 Å². The summed E-state index contributed by atoms with van der Waals surface area (Å²) in [6.45, 7) is 3.21. The van der Waals surface area contributed by atoms with Gasteiger partial charge in [0.05, 0.1) is 6.54 Å². The normalized spacial score (nSPS) is 11.7. The highest BCUT2D eigenvalue weighted by atomic mass is 79.9. The van der Waals surface area contributed by atoms with Crippen molar-refractivity contribution in [1.82, 2.24) is 10.3 Å². The number of rotatable bonds is 6. The highest BCUT2D eigenvalue weighted by molar-refractivity contribution is 9.10. The minimum atomic E-state index is -3.69. The molecule has 0 atom stereocenters. The summed E-state index contributed by atoms with van der Waals surface area (Å²) in [7, 11) is -3.69. The van der Waals surface area contributed by atoms with Crippen molar-refractivity contribution < 1.29 is 12.8 Å². The highest BCUT2D eigenvalue weighted by Gasteiger charge is 2.23. The summed E-state index contributed by atoms with van der Waals surface area (Å²) >= 11 is 4.33. The Bertz CT molecular complexity index is 637. The maximum absolute atomic E-state index is 12.2. The van der Waals surface area contributed by atoms with Gasteiger partial charge in [-0.1, -0.05) is 6.92 Å². The molecule has 0 fully saturated rings. The number of thiazole rings is 1. The van der Waals surface area contributed by atoms with E-state index in [0.717, 1.165) is 6.54 Å². The van der Waals surface area contributed by atoms with E-state index in [0.29, 0.717) is 17.4 Å². The largest absolute Gasteiger partial charge is 0.451 e. The summed E-state index contributed by atoms with van der Waals surface area (Å²) in [6, 6.07) is 1.49. The molecular formula is C10H12BrN3O3S2. The Kier molecular flexibility index (Phi) is 4.61. The van der Waals surface area contributed by atoms with Gasteiger partial charge in [0.2, 0.25) is 0 Å². The molecule has 19 heavy (non-hydrogen) atoms.